The monoisotopic (exact) mass is 450 g/mol. The Morgan fingerprint density at radius 3 is 2.36 bits per heavy atom. The van der Waals surface area contributed by atoms with Gasteiger partial charge in [-0.25, -0.2) is 4.98 Å². The Balaban J connectivity index is 1.72. The second-order valence-corrected chi connectivity index (χ2v) is 8.57. The number of aromatic nitrogens is 2. The lowest BCUT2D eigenvalue weighted by Crippen LogP contribution is -2.48. The van der Waals surface area contributed by atoms with E-state index in [0.717, 1.165) is 22.4 Å². The van der Waals surface area contributed by atoms with Gasteiger partial charge in [0, 0.05) is 11.1 Å². The van der Waals surface area contributed by atoms with Gasteiger partial charge in [-0.1, -0.05) is 26.0 Å². The highest BCUT2D eigenvalue weighted by molar-refractivity contribution is 5.98. The van der Waals surface area contributed by atoms with Gasteiger partial charge in [-0.05, 0) is 61.6 Å². The minimum atomic E-state index is -0.760. The molecule has 8 heteroatoms. The average Bonchev–Trinajstić information content (AvgIpc) is 3.19. The molecule has 1 aromatic heterocycles. The van der Waals surface area contributed by atoms with Crippen LogP contribution in [-0.2, 0) is 14.3 Å². The highest BCUT2D eigenvalue weighted by Crippen LogP contribution is 2.23. The molecular weight excluding hydrogens is 420 g/mol. The summed E-state index contributed by atoms with van der Waals surface area (Å²) in [6.45, 7) is 7.78. The number of ether oxygens (including phenoxy) is 1. The van der Waals surface area contributed by atoms with Crippen molar-refractivity contribution >= 4 is 28.8 Å². The first kappa shape index (κ1) is 24.0. The maximum Gasteiger partial charge on any atom is 0.325 e. The molecular formula is C25H30N4O4. The van der Waals surface area contributed by atoms with Crippen molar-refractivity contribution in [2.24, 2.45) is 5.92 Å². The Bertz CT molecular complexity index is 1130. The van der Waals surface area contributed by atoms with Crippen LogP contribution in [0.2, 0.25) is 0 Å². The predicted molar refractivity (Wildman–Crippen MR) is 127 cm³/mol. The van der Waals surface area contributed by atoms with Gasteiger partial charge in [0.2, 0.25) is 5.91 Å². The lowest BCUT2D eigenvalue weighted by molar-refractivity contribution is -0.141. The van der Waals surface area contributed by atoms with E-state index < -0.39 is 17.9 Å². The van der Waals surface area contributed by atoms with E-state index in [2.05, 4.69) is 45.3 Å². The van der Waals surface area contributed by atoms with Crippen LogP contribution in [-0.4, -0.2) is 47.4 Å². The minimum absolute atomic E-state index is 0.168. The summed E-state index contributed by atoms with van der Waals surface area (Å²) in [4.78, 5) is 44.6. The van der Waals surface area contributed by atoms with Gasteiger partial charge < -0.3 is 20.4 Å². The van der Waals surface area contributed by atoms with Crippen LogP contribution in [0.4, 0.5) is 0 Å². The molecule has 1 heterocycles. The standard InChI is InChI=1S/C25H30N4O4/c1-14(2)10-21(25(32)26-13-22(30)33-5)29-24(31)18-8-6-17(7-9-18)23-27-19-11-15(3)16(4)12-20(19)28-23/h6-9,11-12,14,21H,10,13H2,1-5H3,(H,26,32)(H,27,28)(H,29,31)/t21-/m0/s1. The molecule has 0 radical (unpaired) electrons. The van der Waals surface area contributed by atoms with E-state index >= 15 is 0 Å². The molecule has 0 aliphatic carbocycles. The first-order chi connectivity index (χ1) is 15.7. The van der Waals surface area contributed by atoms with Crippen LogP contribution in [0.5, 0.6) is 0 Å². The van der Waals surface area contributed by atoms with Crippen LogP contribution < -0.4 is 10.6 Å². The molecule has 33 heavy (non-hydrogen) atoms. The van der Waals surface area contributed by atoms with Gasteiger partial charge in [-0.2, -0.15) is 0 Å². The number of nitrogens with one attached hydrogen (secondary N) is 3. The summed E-state index contributed by atoms with van der Waals surface area (Å²) in [5, 5.41) is 5.28. The van der Waals surface area contributed by atoms with Crippen LogP contribution in [0.15, 0.2) is 36.4 Å². The van der Waals surface area contributed by atoms with E-state index in [4.69, 9.17) is 0 Å². The third-order valence-electron chi connectivity index (χ3n) is 5.48. The van der Waals surface area contributed by atoms with Crippen molar-refractivity contribution in [2.45, 2.75) is 40.2 Å². The van der Waals surface area contributed by atoms with Crippen molar-refractivity contribution in [2.75, 3.05) is 13.7 Å². The number of H-pyrrole nitrogens is 1. The van der Waals surface area contributed by atoms with Crippen molar-refractivity contribution < 1.29 is 19.1 Å². The number of fused-ring (bicyclic) bond motifs is 1. The molecule has 0 bridgehead atoms. The van der Waals surface area contributed by atoms with Gasteiger partial charge in [0.25, 0.3) is 5.91 Å². The SMILES string of the molecule is COC(=O)CNC(=O)[C@H](CC(C)C)NC(=O)c1ccc(-c2nc3cc(C)c(C)cc3[nH]2)cc1. The second-order valence-electron chi connectivity index (χ2n) is 8.57. The van der Waals surface area contributed by atoms with Crippen molar-refractivity contribution in [1.82, 2.24) is 20.6 Å². The number of rotatable bonds is 8. The van der Waals surface area contributed by atoms with E-state index in [1.165, 1.54) is 18.2 Å². The van der Waals surface area contributed by atoms with Gasteiger partial charge in [-0.15, -0.1) is 0 Å². The molecule has 8 nitrogen and oxygen atoms in total. The molecule has 0 aliphatic heterocycles. The van der Waals surface area contributed by atoms with Crippen molar-refractivity contribution in [3.05, 3.63) is 53.1 Å². The van der Waals surface area contributed by atoms with Gasteiger partial charge in [-0.3, -0.25) is 14.4 Å². The zero-order valence-electron chi connectivity index (χ0n) is 19.6. The first-order valence-corrected chi connectivity index (χ1v) is 10.9. The van der Waals surface area contributed by atoms with Gasteiger partial charge in [0.05, 0.1) is 18.1 Å². The quantitative estimate of drug-likeness (QED) is 0.456. The van der Waals surface area contributed by atoms with Crippen molar-refractivity contribution in [3.63, 3.8) is 0 Å². The highest BCUT2D eigenvalue weighted by Gasteiger charge is 2.23. The molecule has 0 unspecified atom stereocenters. The topological polar surface area (TPSA) is 113 Å². The number of aromatic amines is 1. The van der Waals surface area contributed by atoms with E-state index in [1.807, 2.05) is 32.0 Å². The second kappa shape index (κ2) is 10.3. The normalized spacial score (nSPS) is 11.9. The molecule has 3 N–H and O–H groups in total. The zero-order valence-corrected chi connectivity index (χ0v) is 19.6. The summed E-state index contributed by atoms with van der Waals surface area (Å²) in [5.41, 5.74) is 5.51. The highest BCUT2D eigenvalue weighted by atomic mass is 16.5. The molecule has 2 aromatic carbocycles. The van der Waals surface area contributed by atoms with E-state index in [-0.39, 0.29) is 18.4 Å². The maximum absolute atomic E-state index is 12.8. The first-order valence-electron chi connectivity index (χ1n) is 10.9. The summed E-state index contributed by atoms with van der Waals surface area (Å²) in [5.74, 6) is -0.448. The van der Waals surface area contributed by atoms with Gasteiger partial charge >= 0.3 is 5.97 Å². The van der Waals surface area contributed by atoms with Gasteiger partial charge in [0.15, 0.2) is 0 Å². The molecule has 0 fully saturated rings. The number of carbonyl (C=O) groups excluding carboxylic acids is 3. The number of methoxy groups -OCH3 is 1. The minimum Gasteiger partial charge on any atom is -0.468 e. The maximum atomic E-state index is 12.8. The molecule has 3 aromatic rings. The predicted octanol–water partition coefficient (Wildman–Crippen LogP) is 3.28. The third-order valence-corrected chi connectivity index (χ3v) is 5.48. The lowest BCUT2D eigenvalue weighted by atomic mass is 10.0. The Hall–Kier alpha value is -3.68. The fourth-order valence-electron chi connectivity index (χ4n) is 3.48. The van der Waals surface area contributed by atoms with Crippen LogP contribution in [0.3, 0.4) is 0 Å². The third kappa shape index (κ3) is 5.97. The number of aryl methyl sites for hydroxylation is 2. The van der Waals surface area contributed by atoms with Crippen molar-refractivity contribution in [3.8, 4) is 11.4 Å². The van der Waals surface area contributed by atoms with E-state index in [9.17, 15) is 14.4 Å². The summed E-state index contributed by atoms with van der Waals surface area (Å²) >= 11 is 0. The number of esters is 1. The van der Waals surface area contributed by atoms with Crippen LogP contribution in [0, 0.1) is 19.8 Å². The fraction of sp³-hybridized carbons (Fsp3) is 0.360. The molecule has 0 saturated carbocycles. The Morgan fingerprint density at radius 1 is 1.06 bits per heavy atom. The summed E-state index contributed by atoms with van der Waals surface area (Å²) < 4.78 is 4.54. The molecule has 0 aliphatic rings. The number of hydrogen-bond acceptors (Lipinski definition) is 5. The van der Waals surface area contributed by atoms with Crippen LogP contribution in [0.25, 0.3) is 22.4 Å². The Morgan fingerprint density at radius 2 is 1.73 bits per heavy atom. The summed E-state index contributed by atoms with van der Waals surface area (Å²) in [6.07, 6.45) is 0.439. The lowest BCUT2D eigenvalue weighted by Gasteiger charge is -2.20. The molecule has 0 saturated heterocycles. The number of nitrogens with zero attached hydrogens (tertiary/aromatic N) is 1. The largest absolute Gasteiger partial charge is 0.468 e. The molecule has 3 rings (SSSR count). The van der Waals surface area contributed by atoms with E-state index in [0.29, 0.717) is 12.0 Å². The fourth-order valence-corrected chi connectivity index (χ4v) is 3.48. The molecule has 174 valence electrons. The van der Waals surface area contributed by atoms with E-state index in [1.54, 1.807) is 12.1 Å². The Kier molecular flexibility index (Phi) is 7.48. The Labute approximate surface area is 193 Å². The number of benzene rings is 2. The average molecular weight is 451 g/mol. The van der Waals surface area contributed by atoms with Crippen LogP contribution in [0.1, 0.15) is 41.8 Å². The molecule has 1 atom stereocenters. The molecule has 2 amide bonds. The molecule has 0 spiro atoms. The van der Waals surface area contributed by atoms with Crippen molar-refractivity contribution in [1.29, 1.82) is 0 Å². The number of amides is 2. The smallest absolute Gasteiger partial charge is 0.325 e. The number of imidazole rings is 1. The van der Waals surface area contributed by atoms with Gasteiger partial charge in [0.1, 0.15) is 18.4 Å². The number of carbonyl (C=O) groups is 3. The number of hydrogen-bond donors (Lipinski definition) is 3. The van der Waals surface area contributed by atoms with Crippen LogP contribution >= 0.6 is 0 Å². The summed E-state index contributed by atoms with van der Waals surface area (Å²) in [7, 11) is 1.25. The summed E-state index contributed by atoms with van der Waals surface area (Å²) in [6, 6.07) is 10.4. The zero-order chi connectivity index (χ0) is 24.1.